The highest BCUT2D eigenvalue weighted by Gasteiger charge is 2.13. The van der Waals surface area contributed by atoms with Crippen LogP contribution in [0.25, 0.3) is 0 Å². The number of hydrogen-bond donors (Lipinski definition) is 2. The molecule has 0 aliphatic carbocycles. The van der Waals surface area contributed by atoms with E-state index in [2.05, 4.69) is 5.32 Å². The lowest BCUT2D eigenvalue weighted by Crippen LogP contribution is -3.12. The molecule has 1 saturated heterocycles. The second-order valence-electron chi connectivity index (χ2n) is 5.58. The van der Waals surface area contributed by atoms with Crippen molar-refractivity contribution in [1.82, 2.24) is 0 Å². The molecule has 1 amide bonds. The van der Waals surface area contributed by atoms with Crippen molar-refractivity contribution in [1.29, 1.82) is 0 Å². The highest BCUT2D eigenvalue weighted by atomic mass is 16.1. The van der Waals surface area contributed by atoms with Crippen molar-refractivity contribution in [2.75, 3.05) is 25.0 Å². The summed E-state index contributed by atoms with van der Waals surface area (Å²) < 4.78 is 0. The fourth-order valence-electron chi connectivity index (χ4n) is 2.72. The van der Waals surface area contributed by atoms with Crippen LogP contribution in [-0.2, 0) is 4.79 Å². The van der Waals surface area contributed by atoms with Gasteiger partial charge in [-0.3, -0.25) is 4.79 Å². The molecule has 0 unspecified atom stereocenters. The van der Waals surface area contributed by atoms with Crippen molar-refractivity contribution in [3.05, 3.63) is 29.8 Å². The van der Waals surface area contributed by atoms with Crippen LogP contribution in [0, 0.1) is 6.92 Å². The van der Waals surface area contributed by atoms with Gasteiger partial charge in [0.25, 0.3) is 0 Å². The first-order chi connectivity index (χ1) is 9.24. The molecule has 1 fully saturated rings. The Labute approximate surface area is 116 Å². The number of anilines is 1. The van der Waals surface area contributed by atoms with Crippen LogP contribution in [0.15, 0.2) is 24.3 Å². The molecule has 0 bridgehead atoms. The average Bonchev–Trinajstić information content (AvgIpc) is 2.65. The summed E-state index contributed by atoms with van der Waals surface area (Å²) in [6.45, 7) is 5.48. The Morgan fingerprint density at radius 2 is 1.95 bits per heavy atom. The number of hydrogen-bond acceptors (Lipinski definition) is 1. The van der Waals surface area contributed by atoms with Crippen LogP contribution < -0.4 is 10.2 Å². The summed E-state index contributed by atoms with van der Waals surface area (Å²) in [5, 5.41) is 2.99. The Hall–Kier alpha value is -1.35. The molecule has 3 heteroatoms. The number of nitrogens with one attached hydrogen (secondary N) is 2. The van der Waals surface area contributed by atoms with Gasteiger partial charge >= 0.3 is 0 Å². The summed E-state index contributed by atoms with van der Waals surface area (Å²) >= 11 is 0. The van der Waals surface area contributed by atoms with Crippen LogP contribution in [0.4, 0.5) is 5.69 Å². The van der Waals surface area contributed by atoms with Crippen LogP contribution in [0.1, 0.15) is 37.7 Å². The van der Waals surface area contributed by atoms with E-state index in [9.17, 15) is 4.79 Å². The standard InChI is InChI=1S/C16H24N2O/c1-14-7-6-8-15(13-14)17-16(19)9-12-18-10-4-2-3-5-11-18/h6-8,13H,2-5,9-12H2,1H3,(H,17,19)/p+1. The first-order valence-corrected chi connectivity index (χ1v) is 7.44. The van der Waals surface area contributed by atoms with E-state index >= 15 is 0 Å². The Kier molecular flexibility index (Phi) is 5.40. The number of likely N-dealkylation sites (tertiary alicyclic amines) is 1. The molecule has 1 aromatic rings. The fourth-order valence-corrected chi connectivity index (χ4v) is 2.72. The van der Waals surface area contributed by atoms with Gasteiger partial charge < -0.3 is 10.2 Å². The number of quaternary nitrogens is 1. The summed E-state index contributed by atoms with van der Waals surface area (Å²) in [5.41, 5.74) is 2.09. The summed E-state index contributed by atoms with van der Waals surface area (Å²) in [6.07, 6.45) is 5.98. The third kappa shape index (κ3) is 5.03. The van der Waals surface area contributed by atoms with Crippen molar-refractivity contribution >= 4 is 11.6 Å². The van der Waals surface area contributed by atoms with Crippen molar-refractivity contribution in [3.8, 4) is 0 Å². The van der Waals surface area contributed by atoms with Gasteiger partial charge in [-0.05, 0) is 50.3 Å². The van der Waals surface area contributed by atoms with E-state index in [1.807, 2.05) is 31.2 Å². The maximum Gasteiger partial charge on any atom is 0.230 e. The zero-order valence-corrected chi connectivity index (χ0v) is 11.9. The fraction of sp³-hybridized carbons (Fsp3) is 0.562. The van der Waals surface area contributed by atoms with Gasteiger partial charge in [-0.2, -0.15) is 0 Å². The molecule has 1 aliphatic heterocycles. The zero-order chi connectivity index (χ0) is 13.5. The molecule has 0 spiro atoms. The minimum absolute atomic E-state index is 0.141. The molecule has 0 aromatic heterocycles. The van der Waals surface area contributed by atoms with Crippen molar-refractivity contribution < 1.29 is 9.69 Å². The summed E-state index contributed by atoms with van der Waals surface area (Å²) in [4.78, 5) is 13.5. The van der Waals surface area contributed by atoms with E-state index in [4.69, 9.17) is 0 Å². The Morgan fingerprint density at radius 1 is 1.21 bits per heavy atom. The largest absolute Gasteiger partial charge is 0.335 e. The number of rotatable bonds is 4. The number of aryl methyl sites for hydroxylation is 1. The van der Waals surface area contributed by atoms with Crippen LogP contribution in [0.2, 0.25) is 0 Å². The van der Waals surface area contributed by atoms with Crippen molar-refractivity contribution in [3.63, 3.8) is 0 Å². The maximum atomic E-state index is 11.9. The first kappa shape index (κ1) is 14.1. The quantitative estimate of drug-likeness (QED) is 0.851. The lowest BCUT2D eigenvalue weighted by Gasteiger charge is -2.16. The van der Waals surface area contributed by atoms with E-state index in [1.165, 1.54) is 44.3 Å². The first-order valence-electron chi connectivity index (χ1n) is 7.44. The lowest BCUT2D eigenvalue weighted by atomic mass is 10.2. The van der Waals surface area contributed by atoms with Gasteiger partial charge in [0.2, 0.25) is 5.91 Å². The SMILES string of the molecule is Cc1cccc(NC(=O)CC[NH+]2CCCCCC2)c1. The second kappa shape index (κ2) is 7.29. The van der Waals surface area contributed by atoms with Gasteiger partial charge in [0, 0.05) is 5.69 Å². The van der Waals surface area contributed by atoms with Crippen molar-refractivity contribution in [2.45, 2.75) is 39.0 Å². The van der Waals surface area contributed by atoms with E-state index in [-0.39, 0.29) is 5.91 Å². The topological polar surface area (TPSA) is 33.5 Å². The Balaban J connectivity index is 1.75. The Bertz CT molecular complexity index is 409. The molecule has 3 nitrogen and oxygen atoms in total. The number of carbonyl (C=O) groups excluding carboxylic acids is 1. The number of carbonyl (C=O) groups is 1. The highest BCUT2D eigenvalue weighted by molar-refractivity contribution is 5.90. The monoisotopic (exact) mass is 261 g/mol. The molecule has 0 radical (unpaired) electrons. The Morgan fingerprint density at radius 3 is 2.63 bits per heavy atom. The summed E-state index contributed by atoms with van der Waals surface area (Å²) in [5.74, 6) is 0.141. The van der Waals surface area contributed by atoms with Gasteiger partial charge in [-0.25, -0.2) is 0 Å². The third-order valence-corrected chi connectivity index (χ3v) is 3.82. The molecule has 1 aromatic carbocycles. The van der Waals surface area contributed by atoms with Crippen LogP contribution in [-0.4, -0.2) is 25.5 Å². The van der Waals surface area contributed by atoms with Crippen LogP contribution in [0.3, 0.4) is 0 Å². The third-order valence-electron chi connectivity index (χ3n) is 3.82. The van der Waals surface area contributed by atoms with Gasteiger partial charge in [-0.15, -0.1) is 0 Å². The van der Waals surface area contributed by atoms with Gasteiger partial charge in [0.15, 0.2) is 0 Å². The minimum atomic E-state index is 0.141. The van der Waals surface area contributed by atoms with E-state index in [0.29, 0.717) is 6.42 Å². The molecule has 19 heavy (non-hydrogen) atoms. The molecule has 2 N–H and O–H groups in total. The molecule has 0 atom stereocenters. The molecule has 2 rings (SSSR count). The van der Waals surface area contributed by atoms with Crippen LogP contribution in [0.5, 0.6) is 0 Å². The van der Waals surface area contributed by atoms with Crippen molar-refractivity contribution in [2.24, 2.45) is 0 Å². The van der Waals surface area contributed by atoms with E-state index in [0.717, 1.165) is 12.2 Å². The molecule has 104 valence electrons. The highest BCUT2D eigenvalue weighted by Crippen LogP contribution is 2.09. The molecule has 0 saturated carbocycles. The second-order valence-corrected chi connectivity index (χ2v) is 5.58. The lowest BCUT2D eigenvalue weighted by molar-refractivity contribution is -0.898. The smallest absolute Gasteiger partial charge is 0.230 e. The van der Waals surface area contributed by atoms with Gasteiger partial charge in [0.1, 0.15) is 0 Å². The van der Waals surface area contributed by atoms with Gasteiger partial charge in [-0.1, -0.05) is 12.1 Å². The average molecular weight is 261 g/mol. The summed E-state index contributed by atoms with van der Waals surface area (Å²) in [6, 6.07) is 7.97. The van der Waals surface area contributed by atoms with E-state index in [1.54, 1.807) is 4.90 Å². The molecular weight excluding hydrogens is 236 g/mol. The summed E-state index contributed by atoms with van der Waals surface area (Å²) in [7, 11) is 0. The van der Waals surface area contributed by atoms with Crippen LogP contribution >= 0.6 is 0 Å². The number of amides is 1. The maximum absolute atomic E-state index is 11.9. The van der Waals surface area contributed by atoms with E-state index < -0.39 is 0 Å². The minimum Gasteiger partial charge on any atom is -0.335 e. The normalized spacial score (nSPS) is 16.9. The molecular formula is C16H25N2O+. The number of benzene rings is 1. The molecule has 1 aliphatic rings. The zero-order valence-electron chi connectivity index (χ0n) is 11.9. The predicted octanol–water partition coefficient (Wildman–Crippen LogP) is 1.78. The molecule has 1 heterocycles. The predicted molar refractivity (Wildman–Crippen MR) is 78.5 cm³/mol. The van der Waals surface area contributed by atoms with Gasteiger partial charge in [0.05, 0.1) is 26.1 Å².